The second-order valence-corrected chi connectivity index (χ2v) is 3.86. The van der Waals surface area contributed by atoms with Gasteiger partial charge in [-0.15, -0.1) is 0 Å². The fourth-order valence-electron chi connectivity index (χ4n) is 1.41. The molecule has 1 fully saturated rings. The van der Waals surface area contributed by atoms with E-state index in [1.807, 2.05) is 0 Å². The van der Waals surface area contributed by atoms with Crippen LogP contribution in [0.4, 0.5) is 0 Å². The minimum atomic E-state index is -2.23. The molecule has 0 spiro atoms. The first-order chi connectivity index (χ1) is 5.12. The van der Waals surface area contributed by atoms with Crippen LogP contribution in [0.1, 0.15) is 25.7 Å². The summed E-state index contributed by atoms with van der Waals surface area (Å²) in [5.41, 5.74) is 5.57. The lowest BCUT2D eigenvalue weighted by Crippen LogP contribution is -2.40. The molecule has 0 amide bonds. The molecule has 0 bridgehead atoms. The average molecular weight is 179 g/mol. The lowest BCUT2D eigenvalue weighted by molar-refractivity contribution is 0.191. The van der Waals surface area contributed by atoms with Crippen molar-refractivity contribution in [2.45, 2.75) is 31.2 Å². The SMILES string of the molecule is NC1(COP(O)O)CCCC1. The highest BCUT2D eigenvalue weighted by Crippen LogP contribution is 2.32. The Morgan fingerprint density at radius 1 is 1.36 bits per heavy atom. The molecule has 0 aliphatic heterocycles. The van der Waals surface area contributed by atoms with E-state index in [4.69, 9.17) is 15.5 Å². The largest absolute Gasteiger partial charge is 0.328 e. The van der Waals surface area contributed by atoms with Gasteiger partial charge in [-0.2, -0.15) is 0 Å². The predicted molar refractivity (Wildman–Crippen MR) is 42.7 cm³/mol. The summed E-state index contributed by atoms with van der Waals surface area (Å²) in [7, 11) is -2.23. The van der Waals surface area contributed by atoms with E-state index in [1.54, 1.807) is 0 Å². The summed E-state index contributed by atoms with van der Waals surface area (Å²) < 4.78 is 4.68. The summed E-state index contributed by atoms with van der Waals surface area (Å²) in [4.78, 5) is 16.9. The quantitative estimate of drug-likeness (QED) is 0.551. The van der Waals surface area contributed by atoms with E-state index < -0.39 is 8.60 Å². The van der Waals surface area contributed by atoms with Crippen molar-refractivity contribution in [2.75, 3.05) is 6.61 Å². The van der Waals surface area contributed by atoms with E-state index in [9.17, 15) is 0 Å². The van der Waals surface area contributed by atoms with Gasteiger partial charge in [-0.1, -0.05) is 12.8 Å². The molecule has 0 aromatic rings. The number of nitrogens with two attached hydrogens (primary N) is 1. The van der Waals surface area contributed by atoms with Crippen LogP contribution >= 0.6 is 8.60 Å². The third-order valence-corrected chi connectivity index (χ3v) is 2.43. The van der Waals surface area contributed by atoms with Gasteiger partial charge in [-0.05, 0) is 12.8 Å². The van der Waals surface area contributed by atoms with E-state index in [1.165, 1.54) is 0 Å². The minimum absolute atomic E-state index is 0.270. The Bertz CT molecular complexity index is 125. The van der Waals surface area contributed by atoms with Crippen molar-refractivity contribution in [3.05, 3.63) is 0 Å². The Hall–Kier alpha value is 0.270. The van der Waals surface area contributed by atoms with E-state index in [0.29, 0.717) is 0 Å². The number of rotatable bonds is 3. The van der Waals surface area contributed by atoms with Gasteiger partial charge in [0.15, 0.2) is 0 Å². The normalized spacial score (nSPS) is 22.9. The van der Waals surface area contributed by atoms with Gasteiger partial charge in [0.2, 0.25) is 0 Å². The predicted octanol–water partition coefficient (Wildman–Crippen LogP) is 0.486. The van der Waals surface area contributed by atoms with Crippen molar-refractivity contribution in [3.63, 3.8) is 0 Å². The van der Waals surface area contributed by atoms with Crippen LogP contribution < -0.4 is 5.73 Å². The first kappa shape index (κ1) is 9.36. The highest BCUT2D eigenvalue weighted by Gasteiger charge is 2.30. The molecule has 5 heteroatoms. The van der Waals surface area contributed by atoms with E-state index in [0.717, 1.165) is 25.7 Å². The van der Waals surface area contributed by atoms with Crippen molar-refractivity contribution >= 4 is 8.60 Å². The Morgan fingerprint density at radius 2 is 1.91 bits per heavy atom. The molecule has 0 radical (unpaired) electrons. The summed E-state index contributed by atoms with van der Waals surface area (Å²) in [5, 5.41) is 0. The molecular weight excluding hydrogens is 165 g/mol. The lowest BCUT2D eigenvalue weighted by atomic mass is 10.0. The Balaban J connectivity index is 2.23. The minimum Gasteiger partial charge on any atom is -0.328 e. The molecule has 0 aromatic carbocycles. The fraction of sp³-hybridized carbons (Fsp3) is 1.00. The second-order valence-electron chi connectivity index (χ2n) is 3.10. The summed E-state index contributed by atoms with van der Waals surface area (Å²) in [6.07, 6.45) is 4.09. The van der Waals surface area contributed by atoms with Crippen LogP contribution in [0.25, 0.3) is 0 Å². The van der Waals surface area contributed by atoms with Gasteiger partial charge in [-0.3, -0.25) is 0 Å². The standard InChI is InChI=1S/C6H14NO3P/c7-6(3-1-2-4-6)5-10-11(8)9/h8-9H,1-5,7H2. The molecule has 0 aromatic heterocycles. The molecular formula is C6H14NO3P. The molecule has 11 heavy (non-hydrogen) atoms. The highest BCUT2D eigenvalue weighted by atomic mass is 31.2. The van der Waals surface area contributed by atoms with Crippen LogP contribution in [0, 0.1) is 0 Å². The topological polar surface area (TPSA) is 75.7 Å². The molecule has 1 saturated carbocycles. The van der Waals surface area contributed by atoms with E-state index >= 15 is 0 Å². The van der Waals surface area contributed by atoms with Crippen LogP contribution in [-0.2, 0) is 4.52 Å². The fourth-order valence-corrected chi connectivity index (χ4v) is 1.78. The van der Waals surface area contributed by atoms with Crippen LogP contribution in [0.3, 0.4) is 0 Å². The van der Waals surface area contributed by atoms with Gasteiger partial charge in [0.25, 0.3) is 0 Å². The Kier molecular flexibility index (Phi) is 3.22. The third-order valence-electron chi connectivity index (χ3n) is 2.07. The summed E-state index contributed by atoms with van der Waals surface area (Å²) >= 11 is 0. The van der Waals surface area contributed by atoms with Gasteiger partial charge in [0.05, 0.1) is 6.61 Å². The molecule has 1 aliphatic carbocycles. The summed E-state index contributed by atoms with van der Waals surface area (Å²) in [6.45, 7) is 0.270. The molecule has 0 heterocycles. The molecule has 1 rings (SSSR count). The zero-order chi connectivity index (χ0) is 8.32. The van der Waals surface area contributed by atoms with Gasteiger partial charge < -0.3 is 20.0 Å². The monoisotopic (exact) mass is 179 g/mol. The van der Waals surface area contributed by atoms with Crippen molar-refractivity contribution in [3.8, 4) is 0 Å². The molecule has 4 nitrogen and oxygen atoms in total. The van der Waals surface area contributed by atoms with Crippen LogP contribution in [0.15, 0.2) is 0 Å². The number of hydrogen-bond donors (Lipinski definition) is 3. The van der Waals surface area contributed by atoms with E-state index in [-0.39, 0.29) is 12.1 Å². The first-order valence-corrected chi connectivity index (χ1v) is 4.89. The molecule has 66 valence electrons. The average Bonchev–Trinajstić information content (AvgIpc) is 2.33. The van der Waals surface area contributed by atoms with Crippen molar-refractivity contribution in [2.24, 2.45) is 5.73 Å². The first-order valence-electron chi connectivity index (χ1n) is 3.72. The van der Waals surface area contributed by atoms with E-state index in [2.05, 4.69) is 4.52 Å². The van der Waals surface area contributed by atoms with Crippen molar-refractivity contribution < 1.29 is 14.3 Å². The van der Waals surface area contributed by atoms with Gasteiger partial charge in [0, 0.05) is 5.54 Å². The zero-order valence-electron chi connectivity index (χ0n) is 6.36. The van der Waals surface area contributed by atoms with Crippen LogP contribution in [0.5, 0.6) is 0 Å². The third kappa shape index (κ3) is 3.01. The maximum atomic E-state index is 8.47. The smallest absolute Gasteiger partial charge is 0.327 e. The molecule has 0 saturated heterocycles. The Labute approximate surface area is 67.4 Å². The lowest BCUT2D eigenvalue weighted by Gasteiger charge is -2.22. The maximum Gasteiger partial charge on any atom is 0.327 e. The zero-order valence-corrected chi connectivity index (χ0v) is 7.26. The van der Waals surface area contributed by atoms with Crippen molar-refractivity contribution in [1.82, 2.24) is 0 Å². The molecule has 4 N–H and O–H groups in total. The van der Waals surface area contributed by atoms with Gasteiger partial charge in [0.1, 0.15) is 0 Å². The molecule has 0 atom stereocenters. The number of hydrogen-bond acceptors (Lipinski definition) is 4. The summed E-state index contributed by atoms with van der Waals surface area (Å²) in [6, 6.07) is 0. The second kappa shape index (κ2) is 3.78. The highest BCUT2D eigenvalue weighted by molar-refractivity contribution is 7.39. The van der Waals surface area contributed by atoms with Crippen LogP contribution in [0.2, 0.25) is 0 Å². The summed E-state index contributed by atoms with van der Waals surface area (Å²) in [5.74, 6) is 0. The molecule has 1 aliphatic rings. The molecule has 0 unspecified atom stereocenters. The van der Waals surface area contributed by atoms with Gasteiger partial charge >= 0.3 is 8.60 Å². The Morgan fingerprint density at radius 3 is 2.36 bits per heavy atom. The van der Waals surface area contributed by atoms with Crippen LogP contribution in [-0.4, -0.2) is 21.9 Å². The van der Waals surface area contributed by atoms with Gasteiger partial charge in [-0.25, -0.2) is 0 Å². The maximum absolute atomic E-state index is 8.47. The van der Waals surface area contributed by atoms with Crippen molar-refractivity contribution in [1.29, 1.82) is 0 Å².